The Labute approximate surface area is 381 Å². The summed E-state index contributed by atoms with van der Waals surface area (Å²) in [6, 6.07) is 77.3. The largest absolute Gasteiger partial charge is 0.309 e. The lowest BCUT2D eigenvalue weighted by molar-refractivity contribution is 0.592. The van der Waals surface area contributed by atoms with Gasteiger partial charge in [-0.25, -0.2) is 4.98 Å². The number of aromatic nitrogens is 3. The van der Waals surface area contributed by atoms with Gasteiger partial charge in [0.05, 0.1) is 22.2 Å². The highest BCUT2D eigenvalue weighted by molar-refractivity contribution is 8.25. The van der Waals surface area contributed by atoms with Crippen molar-refractivity contribution in [1.82, 2.24) is 14.4 Å². The van der Waals surface area contributed by atoms with Gasteiger partial charge in [0, 0.05) is 49.8 Å². The molecule has 9 aromatic carbocycles. The van der Waals surface area contributed by atoms with Gasteiger partial charge >= 0.3 is 0 Å². The van der Waals surface area contributed by atoms with E-state index in [0.29, 0.717) is 5.30 Å². The lowest BCUT2D eigenvalue weighted by Gasteiger charge is -2.26. The third-order valence-corrected chi connectivity index (χ3v) is 20.8. The lowest BCUT2D eigenvalue weighted by atomic mass is 9.98. The fraction of sp³-hybridized carbons (Fsp3) is 0. The van der Waals surface area contributed by atoms with Crippen molar-refractivity contribution >= 4 is 106 Å². The summed E-state index contributed by atoms with van der Waals surface area (Å²) in [6.07, 6.45) is 1.79. The smallest absolute Gasteiger partial charge is 0.172 e. The maximum atomic E-state index is 15.1. The van der Waals surface area contributed by atoms with Crippen molar-refractivity contribution in [3.63, 3.8) is 0 Å². The normalized spacial score (nSPS) is 12.1. The molecule has 308 valence electrons. The topological polar surface area (TPSA) is 47.3 Å². The molecule has 0 N–H and O–H groups in total. The summed E-state index contributed by atoms with van der Waals surface area (Å²) in [7, 11) is -3.17. The van der Waals surface area contributed by atoms with E-state index in [1.165, 1.54) is 21.3 Å². The SMILES string of the molecule is O=P(c1ccccc1)(c1ccccc1)c1ccc(-c2ccc3c4ccccc4c4nc5ccc(-c6ccc(P(=S)(c7ccccc7)c7ccccc7)c7ccccc67)cc5n4c3c2)nc1. The summed E-state index contributed by atoms with van der Waals surface area (Å²) < 4.78 is 17.4. The van der Waals surface area contributed by atoms with Gasteiger partial charge in [0.2, 0.25) is 0 Å². The molecule has 0 aliphatic carbocycles. The third-order valence-electron chi connectivity index (χ3n) is 12.8. The molecule has 7 heteroatoms. The van der Waals surface area contributed by atoms with Gasteiger partial charge in [-0.15, -0.1) is 0 Å². The Morgan fingerprint density at radius 2 is 0.954 bits per heavy atom. The monoisotopic (exact) mass is 887 g/mol. The molecule has 0 radical (unpaired) electrons. The number of rotatable bonds is 8. The van der Waals surface area contributed by atoms with Crippen LogP contribution in [0, 0.1) is 0 Å². The summed E-state index contributed by atoms with van der Waals surface area (Å²) in [4.78, 5) is 10.3. The summed E-state index contributed by atoms with van der Waals surface area (Å²) in [5.74, 6) is 0. The maximum Gasteiger partial charge on any atom is 0.172 e. The van der Waals surface area contributed by atoms with Crippen LogP contribution < -0.4 is 31.8 Å². The first-order valence-electron chi connectivity index (χ1n) is 21.7. The maximum absolute atomic E-state index is 15.1. The van der Waals surface area contributed by atoms with Gasteiger partial charge in [0.25, 0.3) is 0 Å². The van der Waals surface area contributed by atoms with Crippen LogP contribution >= 0.6 is 13.2 Å². The van der Waals surface area contributed by atoms with E-state index in [-0.39, 0.29) is 0 Å². The van der Waals surface area contributed by atoms with E-state index in [1.807, 2.05) is 72.8 Å². The van der Waals surface area contributed by atoms with Crippen LogP contribution in [0.25, 0.3) is 71.5 Å². The molecule has 0 aliphatic heterocycles. The molecule has 3 heterocycles. The third kappa shape index (κ3) is 6.34. The molecule has 4 nitrogen and oxygen atoms in total. The average Bonchev–Trinajstić information content (AvgIpc) is 3.78. The van der Waals surface area contributed by atoms with E-state index in [1.54, 1.807) is 6.20 Å². The zero-order chi connectivity index (χ0) is 43.5. The summed E-state index contributed by atoms with van der Waals surface area (Å²) >= 11 is 6.87. The highest BCUT2D eigenvalue weighted by Gasteiger charge is 2.30. The first kappa shape index (κ1) is 39.3. The van der Waals surface area contributed by atoms with E-state index in [9.17, 15) is 0 Å². The van der Waals surface area contributed by atoms with E-state index in [2.05, 4.69) is 162 Å². The minimum absolute atomic E-state index is 0.696. The highest BCUT2D eigenvalue weighted by atomic mass is 32.4. The van der Waals surface area contributed by atoms with Crippen LogP contribution in [0.4, 0.5) is 0 Å². The molecule has 3 aromatic heterocycles. The Bertz CT molecular complexity index is 3790. The molecule has 12 rings (SSSR count). The van der Waals surface area contributed by atoms with Crippen molar-refractivity contribution in [2.45, 2.75) is 0 Å². The van der Waals surface area contributed by atoms with E-state index >= 15 is 4.57 Å². The van der Waals surface area contributed by atoms with Crippen LogP contribution in [0.2, 0.25) is 0 Å². The molecule has 12 aromatic rings. The van der Waals surface area contributed by atoms with Crippen LogP contribution in [0.3, 0.4) is 0 Å². The van der Waals surface area contributed by atoms with Crippen molar-refractivity contribution in [2.75, 3.05) is 0 Å². The van der Waals surface area contributed by atoms with Crippen LogP contribution in [0.1, 0.15) is 0 Å². The van der Waals surface area contributed by atoms with Gasteiger partial charge in [-0.1, -0.05) is 212 Å². The number of pyridine rings is 2. The van der Waals surface area contributed by atoms with E-state index in [4.69, 9.17) is 21.8 Å². The number of benzene rings is 9. The number of fused-ring (bicyclic) bond motifs is 9. The van der Waals surface area contributed by atoms with Crippen molar-refractivity contribution in [3.8, 4) is 22.4 Å². The fourth-order valence-electron chi connectivity index (χ4n) is 9.66. The first-order chi connectivity index (χ1) is 32.0. The molecular formula is C58H39N3OP2S. The molecule has 0 aliphatic rings. The summed E-state index contributed by atoms with van der Waals surface area (Å²) in [5, 5.41) is 11.5. The predicted molar refractivity (Wildman–Crippen MR) is 279 cm³/mol. The zero-order valence-electron chi connectivity index (χ0n) is 35.1. The van der Waals surface area contributed by atoms with Crippen LogP contribution in [-0.4, -0.2) is 14.4 Å². The lowest BCUT2D eigenvalue weighted by Crippen LogP contribution is -2.25. The Kier molecular flexibility index (Phi) is 9.54. The summed E-state index contributed by atoms with van der Waals surface area (Å²) in [6.45, 7) is 0. The molecule has 0 saturated heterocycles. The van der Waals surface area contributed by atoms with Crippen molar-refractivity contribution in [2.24, 2.45) is 0 Å². The molecule has 0 fully saturated rings. The minimum Gasteiger partial charge on any atom is -0.309 e. The van der Waals surface area contributed by atoms with Gasteiger partial charge in [0.15, 0.2) is 7.14 Å². The van der Waals surface area contributed by atoms with E-state index < -0.39 is 13.2 Å². The molecule has 65 heavy (non-hydrogen) atoms. The second-order valence-corrected chi connectivity index (χ2v) is 23.5. The Morgan fingerprint density at radius 1 is 0.415 bits per heavy atom. The van der Waals surface area contributed by atoms with Gasteiger partial charge in [-0.05, 0) is 68.2 Å². The number of imidazole rings is 1. The van der Waals surface area contributed by atoms with Gasteiger partial charge < -0.3 is 4.57 Å². The number of nitrogens with zero attached hydrogens (tertiary/aromatic N) is 3. The molecule has 0 spiro atoms. The first-order valence-corrected chi connectivity index (χ1v) is 26.2. The Morgan fingerprint density at radius 3 is 1.57 bits per heavy atom. The second kappa shape index (κ2) is 15.8. The molecular weight excluding hydrogens is 849 g/mol. The minimum atomic E-state index is -3.17. The molecule has 0 bridgehead atoms. The molecule has 0 unspecified atom stereocenters. The fourth-order valence-corrected chi connectivity index (χ4v) is 16.3. The number of hydrogen-bond acceptors (Lipinski definition) is 4. The van der Waals surface area contributed by atoms with Crippen molar-refractivity contribution in [1.29, 1.82) is 0 Å². The summed E-state index contributed by atoms with van der Waals surface area (Å²) in [5.41, 5.74) is 7.88. The van der Waals surface area contributed by atoms with Gasteiger partial charge in [0.1, 0.15) is 5.65 Å². The van der Waals surface area contributed by atoms with Crippen LogP contribution in [0.5, 0.6) is 0 Å². The predicted octanol–water partition coefficient (Wildman–Crippen LogP) is 12.1. The van der Waals surface area contributed by atoms with E-state index in [0.717, 1.165) is 76.7 Å². The quantitative estimate of drug-likeness (QED) is 0.113. The zero-order valence-corrected chi connectivity index (χ0v) is 37.7. The van der Waals surface area contributed by atoms with Crippen LogP contribution in [0.15, 0.2) is 237 Å². The second-order valence-electron chi connectivity index (χ2n) is 16.4. The van der Waals surface area contributed by atoms with Crippen molar-refractivity contribution < 1.29 is 4.57 Å². The molecule has 0 amide bonds. The standard InChI is InChI=1S/C58H39N3OP2S/c62-63(42-17-5-1-6-18-42,43-19-7-2-8-20-43)46-31-35-53(59-39-46)41-29-32-50-49-26-14-16-28-52(49)58-60-54-34-30-40(37-56(54)61(58)55(50)38-41)47-33-36-57(51-27-15-13-25-48(47)51)64(65,44-21-9-3-10-22-44)45-23-11-4-12-24-45/h1-39H. The van der Waals surface area contributed by atoms with Crippen molar-refractivity contribution in [3.05, 3.63) is 237 Å². The number of hydrogen-bond donors (Lipinski definition) is 0. The molecule has 0 saturated carbocycles. The Hall–Kier alpha value is -7.26. The van der Waals surface area contributed by atoms with Gasteiger partial charge in [-0.3, -0.25) is 9.38 Å². The molecule has 0 atom stereocenters. The Balaban J connectivity index is 1.03. The highest BCUT2D eigenvalue weighted by Crippen LogP contribution is 2.47. The average molecular weight is 888 g/mol. The van der Waals surface area contributed by atoms with Crippen LogP contribution in [-0.2, 0) is 16.4 Å². The van der Waals surface area contributed by atoms with Gasteiger partial charge in [-0.2, -0.15) is 0 Å².